The first-order valence-corrected chi connectivity index (χ1v) is 12.7. The third-order valence-electron chi connectivity index (χ3n) is 6.17. The van der Waals surface area contributed by atoms with Crippen LogP contribution in [0.4, 0.5) is 11.4 Å². The van der Waals surface area contributed by atoms with E-state index >= 15 is 0 Å². The molecule has 2 heterocycles. The molecule has 0 atom stereocenters. The number of carbonyl (C=O) groups is 1. The number of piperidine rings is 1. The predicted molar refractivity (Wildman–Crippen MR) is 131 cm³/mol. The van der Waals surface area contributed by atoms with Crippen molar-refractivity contribution in [1.29, 1.82) is 0 Å². The molecule has 1 aromatic heterocycles. The van der Waals surface area contributed by atoms with Crippen LogP contribution in [-0.4, -0.2) is 55.4 Å². The summed E-state index contributed by atoms with van der Waals surface area (Å²) in [6, 6.07) is 12.9. The molecule has 1 N–H and O–H groups in total. The lowest BCUT2D eigenvalue weighted by atomic mass is 10.1. The van der Waals surface area contributed by atoms with E-state index in [1.54, 1.807) is 18.2 Å². The summed E-state index contributed by atoms with van der Waals surface area (Å²) in [7, 11) is 1.36. The van der Waals surface area contributed by atoms with E-state index in [1.165, 1.54) is 37.7 Å². The molecule has 0 spiro atoms. The van der Waals surface area contributed by atoms with E-state index in [9.17, 15) is 13.2 Å². The Bertz CT molecular complexity index is 1260. The van der Waals surface area contributed by atoms with E-state index in [2.05, 4.69) is 21.3 Å². The van der Waals surface area contributed by atoms with Crippen LogP contribution in [0.5, 0.6) is 0 Å². The largest absolute Gasteiger partial charge is 0.370 e. The number of benzene rings is 2. The zero-order valence-corrected chi connectivity index (χ0v) is 20.2. The number of amides is 1. The number of aryl methyl sites for hydroxylation is 2. The molecule has 1 aliphatic rings. The van der Waals surface area contributed by atoms with Gasteiger partial charge in [0, 0.05) is 47.1 Å². The van der Waals surface area contributed by atoms with Gasteiger partial charge in [0.25, 0.3) is 0 Å². The molecule has 33 heavy (non-hydrogen) atoms. The van der Waals surface area contributed by atoms with Gasteiger partial charge in [-0.25, -0.2) is 17.7 Å². The zero-order valence-electron chi connectivity index (χ0n) is 19.4. The van der Waals surface area contributed by atoms with Crippen molar-refractivity contribution < 1.29 is 13.2 Å². The summed E-state index contributed by atoms with van der Waals surface area (Å²) in [6.45, 7) is 2.02. The number of hydrogen-bond acceptors (Lipinski definition) is 5. The van der Waals surface area contributed by atoms with Gasteiger partial charge in [-0.3, -0.25) is 4.79 Å². The second kappa shape index (κ2) is 9.52. The standard InChI is InChI=1S/C24H31N5O3S/c1-27(2)33(31,32)18-11-12-21-20(17-18)25-23(28(21)3)13-14-24(30)26-19-9-5-6-10-22(19)29-15-7-4-8-16-29/h5-6,9-12,17H,4,7-8,13-16H2,1-3H3,(H,26,30). The van der Waals surface area contributed by atoms with Gasteiger partial charge in [0.15, 0.2) is 0 Å². The van der Waals surface area contributed by atoms with E-state index in [1.807, 2.05) is 29.8 Å². The van der Waals surface area contributed by atoms with Crippen LogP contribution in [0.2, 0.25) is 0 Å². The molecule has 176 valence electrons. The highest BCUT2D eigenvalue weighted by molar-refractivity contribution is 7.89. The van der Waals surface area contributed by atoms with Crippen molar-refractivity contribution in [1.82, 2.24) is 13.9 Å². The third kappa shape index (κ3) is 4.89. The molecule has 0 radical (unpaired) electrons. The van der Waals surface area contributed by atoms with Crippen LogP contribution in [0.3, 0.4) is 0 Å². The Balaban J connectivity index is 1.47. The highest BCUT2D eigenvalue weighted by atomic mass is 32.2. The maximum absolute atomic E-state index is 12.8. The number of carbonyl (C=O) groups excluding carboxylic acids is 1. The highest BCUT2D eigenvalue weighted by Crippen LogP contribution is 2.28. The fourth-order valence-electron chi connectivity index (χ4n) is 4.25. The minimum atomic E-state index is -3.53. The summed E-state index contributed by atoms with van der Waals surface area (Å²) < 4.78 is 28.0. The number of aromatic nitrogens is 2. The minimum absolute atomic E-state index is 0.0672. The van der Waals surface area contributed by atoms with Crippen LogP contribution in [0.15, 0.2) is 47.4 Å². The number of para-hydroxylation sites is 2. The van der Waals surface area contributed by atoms with Crippen LogP contribution in [0.1, 0.15) is 31.5 Å². The maximum atomic E-state index is 12.8. The quantitative estimate of drug-likeness (QED) is 0.573. The molecular formula is C24H31N5O3S. The van der Waals surface area contributed by atoms with Crippen LogP contribution in [0.25, 0.3) is 11.0 Å². The van der Waals surface area contributed by atoms with Gasteiger partial charge in [0.1, 0.15) is 5.82 Å². The van der Waals surface area contributed by atoms with Crippen molar-refractivity contribution in [3.8, 4) is 0 Å². The van der Waals surface area contributed by atoms with Crippen molar-refractivity contribution >= 4 is 38.3 Å². The first-order valence-electron chi connectivity index (χ1n) is 11.3. The molecule has 1 amide bonds. The SMILES string of the molecule is CN(C)S(=O)(=O)c1ccc2c(c1)nc(CCC(=O)Nc1ccccc1N1CCCCC1)n2C. The van der Waals surface area contributed by atoms with Crippen LogP contribution < -0.4 is 10.2 Å². The molecule has 4 rings (SSSR count). The van der Waals surface area contributed by atoms with Crippen LogP contribution in [-0.2, 0) is 28.3 Å². The van der Waals surface area contributed by atoms with E-state index in [0.717, 1.165) is 35.8 Å². The molecule has 1 fully saturated rings. The average molecular weight is 470 g/mol. The van der Waals surface area contributed by atoms with Gasteiger partial charge in [-0.1, -0.05) is 12.1 Å². The van der Waals surface area contributed by atoms with Crippen molar-refractivity contribution in [3.05, 3.63) is 48.3 Å². The maximum Gasteiger partial charge on any atom is 0.242 e. The first kappa shape index (κ1) is 23.3. The second-order valence-corrected chi connectivity index (χ2v) is 10.8. The number of rotatable bonds is 7. The number of anilines is 2. The van der Waals surface area contributed by atoms with Gasteiger partial charge in [0.2, 0.25) is 15.9 Å². The van der Waals surface area contributed by atoms with E-state index < -0.39 is 10.0 Å². The number of hydrogen-bond donors (Lipinski definition) is 1. The molecule has 0 saturated carbocycles. The number of nitrogens with one attached hydrogen (secondary N) is 1. The Morgan fingerprint density at radius 1 is 1.09 bits per heavy atom. The van der Waals surface area contributed by atoms with Crippen LogP contribution in [0, 0.1) is 0 Å². The van der Waals surface area contributed by atoms with Gasteiger partial charge in [-0.05, 0) is 49.6 Å². The second-order valence-electron chi connectivity index (χ2n) is 8.64. The molecule has 0 aliphatic carbocycles. The highest BCUT2D eigenvalue weighted by Gasteiger charge is 2.20. The van der Waals surface area contributed by atoms with E-state index in [4.69, 9.17) is 0 Å². The number of imidazole rings is 1. The average Bonchev–Trinajstić information content (AvgIpc) is 3.13. The number of nitrogens with zero attached hydrogens (tertiary/aromatic N) is 4. The van der Waals surface area contributed by atoms with Crippen molar-refractivity contribution in [2.24, 2.45) is 7.05 Å². The zero-order chi connectivity index (χ0) is 23.6. The van der Waals surface area contributed by atoms with Gasteiger partial charge in [-0.15, -0.1) is 0 Å². The topological polar surface area (TPSA) is 87.5 Å². The van der Waals surface area contributed by atoms with Gasteiger partial charge in [-0.2, -0.15) is 0 Å². The Labute approximate surface area is 195 Å². The predicted octanol–water partition coefficient (Wildman–Crippen LogP) is 3.39. The number of fused-ring (bicyclic) bond motifs is 1. The monoisotopic (exact) mass is 469 g/mol. The van der Waals surface area contributed by atoms with E-state index in [-0.39, 0.29) is 17.2 Å². The normalized spacial score (nSPS) is 14.7. The molecule has 1 saturated heterocycles. The lowest BCUT2D eigenvalue weighted by Gasteiger charge is -2.30. The lowest BCUT2D eigenvalue weighted by molar-refractivity contribution is -0.116. The summed E-state index contributed by atoms with van der Waals surface area (Å²) in [5.74, 6) is 0.672. The molecule has 0 bridgehead atoms. The molecular weight excluding hydrogens is 438 g/mol. The fourth-order valence-corrected chi connectivity index (χ4v) is 5.17. The third-order valence-corrected chi connectivity index (χ3v) is 7.99. The summed E-state index contributed by atoms with van der Waals surface area (Å²) in [5.41, 5.74) is 3.35. The lowest BCUT2D eigenvalue weighted by Crippen LogP contribution is -2.30. The van der Waals surface area contributed by atoms with E-state index in [0.29, 0.717) is 11.9 Å². The molecule has 3 aromatic rings. The van der Waals surface area contributed by atoms with Crippen LogP contribution >= 0.6 is 0 Å². The fraction of sp³-hybridized carbons (Fsp3) is 0.417. The Hall–Kier alpha value is -2.91. The molecule has 9 heteroatoms. The van der Waals surface area contributed by atoms with Gasteiger partial charge in [0.05, 0.1) is 27.3 Å². The Kier molecular flexibility index (Phi) is 6.71. The molecule has 8 nitrogen and oxygen atoms in total. The van der Waals surface area contributed by atoms with Gasteiger partial charge >= 0.3 is 0 Å². The summed E-state index contributed by atoms with van der Waals surface area (Å²) in [5, 5.41) is 3.07. The molecule has 2 aromatic carbocycles. The Morgan fingerprint density at radius 2 is 1.82 bits per heavy atom. The van der Waals surface area contributed by atoms with Crippen molar-refractivity contribution in [2.75, 3.05) is 37.4 Å². The summed E-state index contributed by atoms with van der Waals surface area (Å²) >= 11 is 0. The number of sulfonamides is 1. The van der Waals surface area contributed by atoms with Crippen molar-refractivity contribution in [3.63, 3.8) is 0 Å². The minimum Gasteiger partial charge on any atom is -0.370 e. The molecule has 1 aliphatic heterocycles. The van der Waals surface area contributed by atoms with Crippen molar-refractivity contribution in [2.45, 2.75) is 37.0 Å². The van der Waals surface area contributed by atoms with Gasteiger partial charge < -0.3 is 14.8 Å². The summed E-state index contributed by atoms with van der Waals surface area (Å²) in [4.78, 5) is 19.9. The molecule has 0 unspecified atom stereocenters. The first-order chi connectivity index (χ1) is 15.8. The smallest absolute Gasteiger partial charge is 0.242 e. The summed E-state index contributed by atoms with van der Waals surface area (Å²) in [6.07, 6.45) is 4.34. The Morgan fingerprint density at radius 3 is 2.55 bits per heavy atom.